The van der Waals surface area contributed by atoms with Crippen LogP contribution in [0.15, 0.2) is 0 Å². The number of hydrogen-bond acceptors (Lipinski definition) is 8. The molecule has 3 N–H and O–H groups in total. The molecule has 0 aromatic carbocycles. The molecular weight excluding hydrogens is 545 g/mol. The second kappa shape index (κ2) is 29.1. The van der Waals surface area contributed by atoms with Crippen LogP contribution in [0.4, 0.5) is 0 Å². The van der Waals surface area contributed by atoms with Crippen molar-refractivity contribution < 1.29 is 37.6 Å². The smallest absolute Gasteiger partial charge is 0.462 e. The molecule has 244 valence electrons. The molecule has 0 heterocycles. The number of hydrogen-bond donors (Lipinski definition) is 2. The third-order valence-electron chi connectivity index (χ3n) is 6.99. The predicted molar refractivity (Wildman–Crippen MR) is 165 cm³/mol. The average Bonchev–Trinajstić information content (AvgIpc) is 2.95. The second-order valence-corrected chi connectivity index (χ2v) is 12.5. The summed E-state index contributed by atoms with van der Waals surface area (Å²) in [4.78, 5) is 34.2. The van der Waals surface area contributed by atoms with E-state index >= 15 is 0 Å². The highest BCUT2D eigenvalue weighted by Crippen LogP contribution is 2.43. The quantitative estimate of drug-likeness (QED) is 0.0454. The van der Waals surface area contributed by atoms with Crippen molar-refractivity contribution >= 4 is 19.8 Å². The van der Waals surface area contributed by atoms with Crippen LogP contribution >= 0.6 is 7.82 Å². The Balaban J connectivity index is 4.08. The highest BCUT2D eigenvalue weighted by Gasteiger charge is 2.25. The number of ether oxygens (including phenoxy) is 2. The predicted octanol–water partition coefficient (Wildman–Crippen LogP) is 8.16. The van der Waals surface area contributed by atoms with Gasteiger partial charge in [0, 0.05) is 19.4 Å². The number of esters is 2. The van der Waals surface area contributed by atoms with Gasteiger partial charge in [-0.2, -0.15) is 0 Å². The van der Waals surface area contributed by atoms with Gasteiger partial charge in [0.15, 0.2) is 6.10 Å². The average molecular weight is 608 g/mol. The molecular formula is C31H62NO8P. The Bertz CT molecular complexity index is 664. The van der Waals surface area contributed by atoms with E-state index in [0.29, 0.717) is 6.42 Å². The van der Waals surface area contributed by atoms with E-state index in [0.717, 1.165) is 38.5 Å². The third kappa shape index (κ3) is 28.9. The van der Waals surface area contributed by atoms with E-state index in [1.54, 1.807) is 0 Å². The van der Waals surface area contributed by atoms with Crippen molar-refractivity contribution in [2.24, 2.45) is 5.73 Å². The minimum atomic E-state index is -4.35. The molecule has 2 unspecified atom stereocenters. The number of phosphoric acid groups is 1. The SMILES string of the molecule is CCCCCCCCCCCCCCCCCCC(=O)OC(COC(=O)CCCCCC)COP(=O)(O)OCCN. The molecule has 2 atom stereocenters. The number of carbonyl (C=O) groups excluding carboxylic acids is 2. The molecule has 0 bridgehead atoms. The van der Waals surface area contributed by atoms with E-state index in [4.69, 9.17) is 24.3 Å². The molecule has 0 aliphatic carbocycles. The van der Waals surface area contributed by atoms with Crippen LogP contribution in [-0.2, 0) is 32.7 Å². The van der Waals surface area contributed by atoms with Crippen LogP contribution < -0.4 is 5.73 Å². The minimum Gasteiger partial charge on any atom is -0.462 e. The Morgan fingerprint density at radius 2 is 1.05 bits per heavy atom. The van der Waals surface area contributed by atoms with Crippen LogP contribution in [0.5, 0.6) is 0 Å². The van der Waals surface area contributed by atoms with Gasteiger partial charge in [0.05, 0.1) is 13.2 Å². The standard InChI is InChI=1S/C31H62NO8P/c1-3-5-7-9-10-11-12-13-14-15-16-17-18-19-20-22-24-31(34)40-29(28-39-41(35,36)38-26-25-32)27-37-30(33)23-21-8-6-4-2/h29H,3-28,32H2,1-2H3,(H,35,36). The van der Waals surface area contributed by atoms with Gasteiger partial charge < -0.3 is 20.1 Å². The van der Waals surface area contributed by atoms with E-state index in [-0.39, 0.29) is 32.6 Å². The van der Waals surface area contributed by atoms with Crippen LogP contribution in [0.1, 0.15) is 155 Å². The molecule has 0 aromatic heterocycles. The molecule has 0 rings (SSSR count). The maximum Gasteiger partial charge on any atom is 0.472 e. The molecule has 0 spiro atoms. The second-order valence-electron chi connectivity index (χ2n) is 11.0. The maximum atomic E-state index is 12.4. The molecule has 41 heavy (non-hydrogen) atoms. The van der Waals surface area contributed by atoms with Crippen molar-refractivity contribution in [2.75, 3.05) is 26.4 Å². The normalized spacial score (nSPS) is 13.6. The summed E-state index contributed by atoms with van der Waals surface area (Å²) in [6, 6.07) is 0. The van der Waals surface area contributed by atoms with Gasteiger partial charge in [-0.25, -0.2) is 4.57 Å². The van der Waals surface area contributed by atoms with E-state index in [1.165, 1.54) is 83.5 Å². The number of unbranched alkanes of at least 4 members (excludes halogenated alkanes) is 18. The molecule has 0 aliphatic heterocycles. The Labute approximate surface area is 250 Å². The number of phosphoric ester groups is 1. The first-order chi connectivity index (χ1) is 19.8. The fourth-order valence-corrected chi connectivity index (χ4v) is 5.28. The number of rotatable bonds is 31. The fraction of sp³-hybridized carbons (Fsp3) is 0.935. The van der Waals surface area contributed by atoms with E-state index < -0.39 is 32.5 Å². The highest BCUT2D eigenvalue weighted by atomic mass is 31.2. The summed E-state index contributed by atoms with van der Waals surface area (Å²) < 4.78 is 32.3. The lowest BCUT2D eigenvalue weighted by atomic mass is 10.0. The van der Waals surface area contributed by atoms with E-state index in [2.05, 4.69) is 13.8 Å². The summed E-state index contributed by atoms with van der Waals surface area (Å²) in [5.41, 5.74) is 5.29. The topological polar surface area (TPSA) is 134 Å². The zero-order valence-electron chi connectivity index (χ0n) is 26.3. The summed E-state index contributed by atoms with van der Waals surface area (Å²) in [6.45, 7) is 3.59. The summed E-state index contributed by atoms with van der Waals surface area (Å²) in [7, 11) is -4.35. The van der Waals surface area contributed by atoms with Gasteiger partial charge in [-0.15, -0.1) is 0 Å². The van der Waals surface area contributed by atoms with Crippen molar-refractivity contribution in [3.63, 3.8) is 0 Å². The Morgan fingerprint density at radius 1 is 0.634 bits per heavy atom. The van der Waals surface area contributed by atoms with Crippen LogP contribution in [0, 0.1) is 0 Å². The van der Waals surface area contributed by atoms with Gasteiger partial charge in [0.1, 0.15) is 6.61 Å². The summed E-state index contributed by atoms with van der Waals surface area (Å²) >= 11 is 0. The van der Waals surface area contributed by atoms with Crippen LogP contribution in [0.25, 0.3) is 0 Å². The van der Waals surface area contributed by atoms with Gasteiger partial charge in [-0.1, -0.05) is 129 Å². The Hall–Kier alpha value is -0.990. The Morgan fingerprint density at radius 3 is 1.51 bits per heavy atom. The van der Waals surface area contributed by atoms with Crippen molar-refractivity contribution in [2.45, 2.75) is 161 Å². The van der Waals surface area contributed by atoms with E-state index in [9.17, 15) is 19.0 Å². The summed E-state index contributed by atoms with van der Waals surface area (Å²) in [5, 5.41) is 0. The molecule has 0 radical (unpaired) electrons. The molecule has 0 aromatic rings. The van der Waals surface area contributed by atoms with Gasteiger partial charge >= 0.3 is 19.8 Å². The van der Waals surface area contributed by atoms with Gasteiger partial charge in [-0.3, -0.25) is 18.6 Å². The lowest BCUT2D eigenvalue weighted by Crippen LogP contribution is -2.29. The first-order valence-corrected chi connectivity index (χ1v) is 18.0. The third-order valence-corrected chi connectivity index (χ3v) is 7.98. The first kappa shape index (κ1) is 40.0. The molecule has 0 amide bonds. The van der Waals surface area contributed by atoms with Gasteiger partial charge in [-0.05, 0) is 12.8 Å². The molecule has 9 nitrogen and oxygen atoms in total. The van der Waals surface area contributed by atoms with Crippen LogP contribution in [0.2, 0.25) is 0 Å². The van der Waals surface area contributed by atoms with Crippen LogP contribution in [0.3, 0.4) is 0 Å². The van der Waals surface area contributed by atoms with E-state index in [1.807, 2.05) is 0 Å². The number of carbonyl (C=O) groups is 2. The van der Waals surface area contributed by atoms with Crippen molar-refractivity contribution in [3.05, 3.63) is 0 Å². The summed E-state index contributed by atoms with van der Waals surface area (Å²) in [6.07, 6.45) is 23.4. The largest absolute Gasteiger partial charge is 0.472 e. The summed E-state index contributed by atoms with van der Waals surface area (Å²) in [5.74, 6) is -0.842. The molecule has 0 fully saturated rings. The lowest BCUT2D eigenvalue weighted by Gasteiger charge is -2.19. The lowest BCUT2D eigenvalue weighted by molar-refractivity contribution is -0.161. The first-order valence-electron chi connectivity index (χ1n) is 16.5. The molecule has 10 heteroatoms. The van der Waals surface area contributed by atoms with Gasteiger partial charge in [0.25, 0.3) is 0 Å². The fourth-order valence-electron chi connectivity index (χ4n) is 4.52. The van der Waals surface area contributed by atoms with Crippen LogP contribution in [-0.4, -0.2) is 49.3 Å². The Kier molecular flexibility index (Phi) is 28.4. The number of nitrogens with two attached hydrogens (primary N) is 1. The molecule has 0 saturated carbocycles. The zero-order valence-corrected chi connectivity index (χ0v) is 27.2. The van der Waals surface area contributed by atoms with Crippen molar-refractivity contribution in [1.29, 1.82) is 0 Å². The van der Waals surface area contributed by atoms with Gasteiger partial charge in [0.2, 0.25) is 0 Å². The minimum absolute atomic E-state index is 0.0568. The van der Waals surface area contributed by atoms with Crippen molar-refractivity contribution in [3.8, 4) is 0 Å². The molecule has 0 aliphatic rings. The zero-order chi connectivity index (χ0) is 30.4. The van der Waals surface area contributed by atoms with Crippen molar-refractivity contribution in [1.82, 2.24) is 0 Å². The molecule has 0 saturated heterocycles. The maximum absolute atomic E-state index is 12.4. The monoisotopic (exact) mass is 607 g/mol. The highest BCUT2D eigenvalue weighted by molar-refractivity contribution is 7.47.